The summed E-state index contributed by atoms with van der Waals surface area (Å²) in [7, 11) is 1.92. The van der Waals surface area contributed by atoms with Crippen LogP contribution in [0.5, 0.6) is 0 Å². The molecular weight excluding hydrogens is 200 g/mol. The van der Waals surface area contributed by atoms with E-state index in [2.05, 4.69) is 23.1 Å². The second kappa shape index (κ2) is 4.45. The number of aromatic nitrogens is 3. The van der Waals surface area contributed by atoms with Gasteiger partial charge < -0.3 is 5.73 Å². The van der Waals surface area contributed by atoms with E-state index in [0.29, 0.717) is 0 Å². The van der Waals surface area contributed by atoms with Crippen molar-refractivity contribution in [3.8, 4) is 0 Å². The summed E-state index contributed by atoms with van der Waals surface area (Å²) in [5.41, 5.74) is 9.28. The molecule has 0 fully saturated rings. The molecule has 2 aromatic heterocycles. The number of nitrogens with zero attached hydrogens (tertiary/aromatic N) is 3. The second-order valence-electron chi connectivity index (χ2n) is 3.80. The van der Waals surface area contributed by atoms with Crippen LogP contribution in [0, 0.1) is 0 Å². The number of hydrogen-bond acceptors (Lipinski definition) is 3. The first kappa shape index (κ1) is 10.8. The number of pyridine rings is 1. The summed E-state index contributed by atoms with van der Waals surface area (Å²) in [5, 5.41) is 4.39. The van der Waals surface area contributed by atoms with Crippen LogP contribution in [0.3, 0.4) is 0 Å². The quantitative estimate of drug-likeness (QED) is 0.844. The highest BCUT2D eigenvalue weighted by Gasteiger charge is 2.14. The van der Waals surface area contributed by atoms with Crippen molar-refractivity contribution < 1.29 is 0 Å². The molecule has 1 atom stereocenters. The van der Waals surface area contributed by atoms with E-state index >= 15 is 0 Å². The first-order valence-electron chi connectivity index (χ1n) is 5.40. The highest BCUT2D eigenvalue weighted by molar-refractivity contribution is 5.26. The summed E-state index contributed by atoms with van der Waals surface area (Å²) in [6.45, 7) is 2.09. The van der Waals surface area contributed by atoms with Gasteiger partial charge in [-0.05, 0) is 24.1 Å². The molecule has 4 nitrogen and oxygen atoms in total. The fourth-order valence-corrected chi connectivity index (χ4v) is 1.74. The van der Waals surface area contributed by atoms with Crippen LogP contribution in [-0.2, 0) is 13.5 Å². The molecule has 0 spiro atoms. The number of hydrogen-bond donors (Lipinski definition) is 1. The lowest BCUT2D eigenvalue weighted by atomic mass is 10.1. The Morgan fingerprint density at radius 2 is 2.31 bits per heavy atom. The average molecular weight is 216 g/mol. The van der Waals surface area contributed by atoms with Crippen molar-refractivity contribution in [2.45, 2.75) is 19.4 Å². The Bertz CT molecular complexity index is 461. The lowest BCUT2D eigenvalue weighted by Crippen LogP contribution is -2.15. The highest BCUT2D eigenvalue weighted by Crippen LogP contribution is 2.19. The van der Waals surface area contributed by atoms with Crippen LogP contribution in [0.2, 0.25) is 0 Å². The second-order valence-corrected chi connectivity index (χ2v) is 3.80. The molecule has 1 unspecified atom stereocenters. The maximum Gasteiger partial charge on any atom is 0.0738 e. The van der Waals surface area contributed by atoms with Gasteiger partial charge in [-0.2, -0.15) is 5.10 Å². The Kier molecular flexibility index (Phi) is 3.01. The van der Waals surface area contributed by atoms with Gasteiger partial charge in [-0.25, -0.2) is 0 Å². The van der Waals surface area contributed by atoms with Gasteiger partial charge in [0, 0.05) is 19.4 Å². The average Bonchev–Trinajstić information content (AvgIpc) is 2.71. The van der Waals surface area contributed by atoms with Gasteiger partial charge in [-0.3, -0.25) is 9.67 Å². The molecule has 0 aliphatic rings. The molecule has 0 saturated heterocycles. The van der Waals surface area contributed by atoms with E-state index in [9.17, 15) is 0 Å². The zero-order valence-electron chi connectivity index (χ0n) is 9.59. The van der Waals surface area contributed by atoms with Crippen LogP contribution in [0.15, 0.2) is 30.6 Å². The molecule has 4 heteroatoms. The normalized spacial score (nSPS) is 12.7. The summed E-state index contributed by atoms with van der Waals surface area (Å²) in [5.74, 6) is 0. The molecule has 0 amide bonds. The Balaban J connectivity index is 2.33. The predicted octanol–water partition coefficient (Wildman–Crippen LogP) is 1.43. The van der Waals surface area contributed by atoms with Crippen molar-refractivity contribution in [1.82, 2.24) is 14.8 Å². The number of aryl methyl sites for hydroxylation is 2. The van der Waals surface area contributed by atoms with Crippen molar-refractivity contribution >= 4 is 0 Å². The highest BCUT2D eigenvalue weighted by atomic mass is 15.3. The van der Waals surface area contributed by atoms with Gasteiger partial charge in [0.2, 0.25) is 0 Å². The van der Waals surface area contributed by atoms with Crippen molar-refractivity contribution in [3.63, 3.8) is 0 Å². The molecule has 2 rings (SSSR count). The molecule has 0 aliphatic heterocycles. The van der Waals surface area contributed by atoms with Crippen LogP contribution in [-0.4, -0.2) is 14.8 Å². The fraction of sp³-hybridized carbons (Fsp3) is 0.333. The molecule has 0 saturated carbocycles. The summed E-state index contributed by atoms with van der Waals surface area (Å²) >= 11 is 0. The van der Waals surface area contributed by atoms with Gasteiger partial charge in [0.15, 0.2) is 0 Å². The van der Waals surface area contributed by atoms with Gasteiger partial charge in [0.1, 0.15) is 0 Å². The van der Waals surface area contributed by atoms with Crippen LogP contribution in [0.1, 0.15) is 29.9 Å². The standard InChI is InChI=1S/C12H16N4/c1-3-10-7-11(16(2)15-10)12(13)9-5-4-6-14-8-9/h4-8,12H,3,13H2,1-2H3. The third kappa shape index (κ3) is 1.97. The molecule has 0 radical (unpaired) electrons. The SMILES string of the molecule is CCc1cc(C(N)c2cccnc2)n(C)n1. The van der Waals surface area contributed by atoms with Crippen LogP contribution in [0.25, 0.3) is 0 Å². The van der Waals surface area contributed by atoms with Crippen LogP contribution < -0.4 is 5.73 Å². The molecule has 2 aromatic rings. The first-order valence-corrected chi connectivity index (χ1v) is 5.40. The summed E-state index contributed by atoms with van der Waals surface area (Å²) in [6, 6.07) is 5.77. The van der Waals surface area contributed by atoms with Crippen molar-refractivity contribution in [1.29, 1.82) is 0 Å². The minimum Gasteiger partial charge on any atom is -0.319 e. The Hall–Kier alpha value is -1.68. The monoisotopic (exact) mass is 216 g/mol. The van der Waals surface area contributed by atoms with E-state index in [0.717, 1.165) is 23.4 Å². The lowest BCUT2D eigenvalue weighted by molar-refractivity contribution is 0.665. The van der Waals surface area contributed by atoms with E-state index < -0.39 is 0 Å². The summed E-state index contributed by atoms with van der Waals surface area (Å²) in [4.78, 5) is 4.08. The molecule has 16 heavy (non-hydrogen) atoms. The molecule has 0 aliphatic carbocycles. The Morgan fingerprint density at radius 1 is 1.50 bits per heavy atom. The third-order valence-electron chi connectivity index (χ3n) is 2.69. The molecule has 2 N–H and O–H groups in total. The van der Waals surface area contributed by atoms with Crippen molar-refractivity contribution in [3.05, 3.63) is 47.5 Å². The van der Waals surface area contributed by atoms with Crippen LogP contribution >= 0.6 is 0 Å². The molecule has 0 bridgehead atoms. The fourth-order valence-electron chi connectivity index (χ4n) is 1.74. The van der Waals surface area contributed by atoms with Gasteiger partial charge in [-0.15, -0.1) is 0 Å². The maximum atomic E-state index is 6.18. The first-order chi connectivity index (χ1) is 7.72. The summed E-state index contributed by atoms with van der Waals surface area (Å²) in [6.07, 6.45) is 4.47. The van der Waals surface area contributed by atoms with Crippen LogP contribution in [0.4, 0.5) is 0 Å². The Morgan fingerprint density at radius 3 is 2.88 bits per heavy atom. The number of rotatable bonds is 3. The van der Waals surface area contributed by atoms with E-state index in [1.807, 2.05) is 23.9 Å². The zero-order valence-corrected chi connectivity index (χ0v) is 9.59. The molecule has 0 aromatic carbocycles. The molecular formula is C12H16N4. The topological polar surface area (TPSA) is 56.7 Å². The third-order valence-corrected chi connectivity index (χ3v) is 2.69. The predicted molar refractivity (Wildman–Crippen MR) is 62.9 cm³/mol. The maximum absolute atomic E-state index is 6.18. The zero-order chi connectivity index (χ0) is 11.5. The largest absolute Gasteiger partial charge is 0.319 e. The van der Waals surface area contributed by atoms with Crippen molar-refractivity contribution in [2.24, 2.45) is 12.8 Å². The molecule has 84 valence electrons. The smallest absolute Gasteiger partial charge is 0.0738 e. The lowest BCUT2D eigenvalue weighted by Gasteiger charge is -2.11. The number of nitrogens with two attached hydrogens (primary N) is 1. The minimum atomic E-state index is -0.161. The summed E-state index contributed by atoms with van der Waals surface area (Å²) < 4.78 is 1.84. The van der Waals surface area contributed by atoms with E-state index in [1.54, 1.807) is 12.4 Å². The van der Waals surface area contributed by atoms with Gasteiger partial charge in [-0.1, -0.05) is 13.0 Å². The van der Waals surface area contributed by atoms with E-state index in [1.165, 1.54) is 0 Å². The van der Waals surface area contributed by atoms with E-state index in [4.69, 9.17) is 5.73 Å². The van der Waals surface area contributed by atoms with E-state index in [-0.39, 0.29) is 6.04 Å². The van der Waals surface area contributed by atoms with Crippen molar-refractivity contribution in [2.75, 3.05) is 0 Å². The van der Waals surface area contributed by atoms with Gasteiger partial charge in [0.25, 0.3) is 0 Å². The minimum absolute atomic E-state index is 0.161. The molecule has 2 heterocycles. The van der Waals surface area contributed by atoms with Gasteiger partial charge in [0.05, 0.1) is 17.4 Å². The van der Waals surface area contributed by atoms with Gasteiger partial charge >= 0.3 is 0 Å². The Labute approximate surface area is 95.1 Å².